The third-order valence-corrected chi connectivity index (χ3v) is 4.75. The van der Waals surface area contributed by atoms with Crippen LogP contribution in [0.5, 0.6) is 11.5 Å². The molecule has 4 heteroatoms. The van der Waals surface area contributed by atoms with Crippen LogP contribution in [0.3, 0.4) is 0 Å². The molecule has 104 valence electrons. The summed E-state index contributed by atoms with van der Waals surface area (Å²) in [6.45, 7) is 3.70. The molecular formula is C15H20BrNO2. The van der Waals surface area contributed by atoms with E-state index >= 15 is 0 Å². The minimum absolute atomic E-state index is 0.0421. The van der Waals surface area contributed by atoms with Gasteiger partial charge in [-0.3, -0.25) is 0 Å². The summed E-state index contributed by atoms with van der Waals surface area (Å²) < 4.78 is 12.8. The quantitative estimate of drug-likeness (QED) is 0.741. The minimum atomic E-state index is 0.0421. The first kappa shape index (κ1) is 13.3. The molecule has 2 unspecified atom stereocenters. The van der Waals surface area contributed by atoms with E-state index in [1.54, 1.807) is 0 Å². The van der Waals surface area contributed by atoms with Gasteiger partial charge in [-0.05, 0) is 36.8 Å². The Bertz CT molecular complexity index is 490. The molecule has 0 spiro atoms. The van der Waals surface area contributed by atoms with E-state index in [-0.39, 0.29) is 6.04 Å². The minimum Gasteiger partial charge on any atom is -0.490 e. The van der Waals surface area contributed by atoms with Gasteiger partial charge in [-0.2, -0.15) is 0 Å². The van der Waals surface area contributed by atoms with Gasteiger partial charge in [-0.1, -0.05) is 22.9 Å². The number of benzene rings is 1. The van der Waals surface area contributed by atoms with Crippen LogP contribution in [0, 0.1) is 5.92 Å². The van der Waals surface area contributed by atoms with Gasteiger partial charge in [0.1, 0.15) is 0 Å². The first-order chi connectivity index (χ1) is 9.16. The van der Waals surface area contributed by atoms with Gasteiger partial charge < -0.3 is 15.2 Å². The van der Waals surface area contributed by atoms with E-state index in [4.69, 9.17) is 15.2 Å². The Morgan fingerprint density at radius 1 is 1.32 bits per heavy atom. The molecule has 3 rings (SSSR count). The topological polar surface area (TPSA) is 44.5 Å². The lowest BCUT2D eigenvalue weighted by Gasteiger charge is -2.21. The SMILES string of the molecule is CC1CCc2c(Br)cc3c(c2C(N)C1)OCCCO3. The van der Waals surface area contributed by atoms with Crippen molar-refractivity contribution in [2.24, 2.45) is 11.7 Å². The fourth-order valence-corrected chi connectivity index (χ4v) is 3.66. The highest BCUT2D eigenvalue weighted by Gasteiger charge is 2.28. The number of nitrogens with two attached hydrogens (primary N) is 1. The van der Waals surface area contributed by atoms with Crippen molar-refractivity contribution in [1.29, 1.82) is 0 Å². The molecular weight excluding hydrogens is 306 g/mol. The van der Waals surface area contributed by atoms with Crippen molar-refractivity contribution in [2.45, 2.75) is 38.6 Å². The Kier molecular flexibility index (Phi) is 3.72. The van der Waals surface area contributed by atoms with Crippen molar-refractivity contribution in [3.8, 4) is 11.5 Å². The number of hydrogen-bond donors (Lipinski definition) is 1. The van der Waals surface area contributed by atoms with Crippen LogP contribution in [-0.4, -0.2) is 13.2 Å². The fourth-order valence-electron chi connectivity index (χ4n) is 3.04. The fraction of sp³-hybridized carbons (Fsp3) is 0.600. The van der Waals surface area contributed by atoms with E-state index in [0.29, 0.717) is 19.1 Å². The van der Waals surface area contributed by atoms with Gasteiger partial charge in [0.15, 0.2) is 11.5 Å². The maximum absolute atomic E-state index is 6.42. The second-order valence-electron chi connectivity index (χ2n) is 5.61. The van der Waals surface area contributed by atoms with Crippen molar-refractivity contribution in [2.75, 3.05) is 13.2 Å². The zero-order valence-corrected chi connectivity index (χ0v) is 12.8. The smallest absolute Gasteiger partial charge is 0.166 e. The van der Waals surface area contributed by atoms with Gasteiger partial charge in [0, 0.05) is 22.5 Å². The van der Waals surface area contributed by atoms with Crippen molar-refractivity contribution >= 4 is 15.9 Å². The number of halogens is 1. The molecule has 1 aromatic carbocycles. The lowest BCUT2D eigenvalue weighted by molar-refractivity contribution is 0.295. The molecule has 2 atom stereocenters. The first-order valence-electron chi connectivity index (χ1n) is 7.03. The molecule has 19 heavy (non-hydrogen) atoms. The first-order valence-corrected chi connectivity index (χ1v) is 7.82. The van der Waals surface area contributed by atoms with Crippen LogP contribution in [0.4, 0.5) is 0 Å². The summed E-state index contributed by atoms with van der Waals surface area (Å²) in [5, 5.41) is 0. The lowest BCUT2D eigenvalue weighted by atomic mass is 9.96. The van der Waals surface area contributed by atoms with Crippen LogP contribution in [-0.2, 0) is 6.42 Å². The van der Waals surface area contributed by atoms with Crippen molar-refractivity contribution in [3.05, 3.63) is 21.7 Å². The van der Waals surface area contributed by atoms with Gasteiger partial charge >= 0.3 is 0 Å². The van der Waals surface area contributed by atoms with E-state index in [1.807, 2.05) is 6.07 Å². The summed E-state index contributed by atoms with van der Waals surface area (Å²) in [4.78, 5) is 0. The third-order valence-electron chi connectivity index (χ3n) is 4.05. The molecule has 0 amide bonds. The number of fused-ring (bicyclic) bond motifs is 3. The average molecular weight is 326 g/mol. The molecule has 1 heterocycles. The highest BCUT2D eigenvalue weighted by molar-refractivity contribution is 9.10. The summed E-state index contributed by atoms with van der Waals surface area (Å²) >= 11 is 3.68. The van der Waals surface area contributed by atoms with Crippen molar-refractivity contribution in [1.82, 2.24) is 0 Å². The Hall–Kier alpha value is -0.740. The molecule has 3 nitrogen and oxygen atoms in total. The van der Waals surface area contributed by atoms with Gasteiger partial charge in [0.25, 0.3) is 0 Å². The Morgan fingerprint density at radius 2 is 2.11 bits per heavy atom. The summed E-state index contributed by atoms with van der Waals surface area (Å²) in [5.74, 6) is 2.38. The van der Waals surface area contributed by atoms with Crippen LogP contribution >= 0.6 is 15.9 Å². The Labute approximate surface area is 122 Å². The van der Waals surface area contributed by atoms with Gasteiger partial charge in [-0.15, -0.1) is 0 Å². The molecule has 1 aliphatic carbocycles. The molecule has 0 bridgehead atoms. The third kappa shape index (κ3) is 2.48. The molecule has 1 aliphatic heterocycles. The van der Waals surface area contributed by atoms with Crippen LogP contribution in [0.1, 0.15) is 43.4 Å². The number of ether oxygens (including phenoxy) is 2. The standard InChI is InChI=1S/C15H20BrNO2/c1-9-3-4-10-11(16)8-13-15(14(10)12(17)7-9)19-6-2-5-18-13/h8-9,12H,2-7,17H2,1H3. The van der Waals surface area contributed by atoms with Crippen LogP contribution in [0.15, 0.2) is 10.5 Å². The molecule has 0 saturated heterocycles. The molecule has 2 N–H and O–H groups in total. The summed E-state index contributed by atoms with van der Waals surface area (Å²) in [6.07, 6.45) is 4.17. The van der Waals surface area contributed by atoms with E-state index < -0.39 is 0 Å². The molecule has 0 aromatic heterocycles. The maximum Gasteiger partial charge on any atom is 0.166 e. The summed E-state index contributed by atoms with van der Waals surface area (Å²) in [6, 6.07) is 2.09. The molecule has 0 radical (unpaired) electrons. The van der Waals surface area contributed by atoms with Crippen LogP contribution in [0.2, 0.25) is 0 Å². The van der Waals surface area contributed by atoms with Gasteiger partial charge in [-0.25, -0.2) is 0 Å². The summed E-state index contributed by atoms with van der Waals surface area (Å²) in [5.41, 5.74) is 8.89. The number of rotatable bonds is 0. The van der Waals surface area contributed by atoms with Gasteiger partial charge in [0.2, 0.25) is 0 Å². The molecule has 2 aliphatic rings. The zero-order chi connectivity index (χ0) is 13.4. The molecule has 0 saturated carbocycles. The predicted octanol–water partition coefficient (Wildman–Crippen LogP) is 3.58. The predicted molar refractivity (Wildman–Crippen MR) is 78.8 cm³/mol. The Balaban J connectivity index is 2.14. The lowest BCUT2D eigenvalue weighted by Crippen LogP contribution is -2.15. The highest BCUT2D eigenvalue weighted by Crippen LogP contribution is 2.45. The maximum atomic E-state index is 6.42. The van der Waals surface area contributed by atoms with E-state index in [0.717, 1.165) is 40.8 Å². The summed E-state index contributed by atoms with van der Waals surface area (Å²) in [7, 11) is 0. The van der Waals surface area contributed by atoms with Crippen molar-refractivity contribution < 1.29 is 9.47 Å². The van der Waals surface area contributed by atoms with E-state index in [9.17, 15) is 0 Å². The second-order valence-corrected chi connectivity index (χ2v) is 6.47. The Morgan fingerprint density at radius 3 is 2.95 bits per heavy atom. The highest BCUT2D eigenvalue weighted by atomic mass is 79.9. The van der Waals surface area contributed by atoms with E-state index in [1.165, 1.54) is 12.0 Å². The largest absolute Gasteiger partial charge is 0.490 e. The average Bonchev–Trinajstić information content (AvgIpc) is 2.67. The normalized spacial score (nSPS) is 26.3. The number of hydrogen-bond acceptors (Lipinski definition) is 3. The van der Waals surface area contributed by atoms with Crippen molar-refractivity contribution in [3.63, 3.8) is 0 Å². The monoisotopic (exact) mass is 325 g/mol. The molecule has 0 fully saturated rings. The van der Waals surface area contributed by atoms with Crippen LogP contribution < -0.4 is 15.2 Å². The van der Waals surface area contributed by atoms with Crippen LogP contribution in [0.25, 0.3) is 0 Å². The molecule has 1 aromatic rings. The zero-order valence-electron chi connectivity index (χ0n) is 11.2. The van der Waals surface area contributed by atoms with Gasteiger partial charge in [0.05, 0.1) is 13.2 Å². The van der Waals surface area contributed by atoms with E-state index in [2.05, 4.69) is 22.9 Å². The second kappa shape index (κ2) is 5.33.